The van der Waals surface area contributed by atoms with Gasteiger partial charge in [-0.2, -0.15) is 5.10 Å². The molecule has 0 fully saturated rings. The first-order valence-electron chi connectivity index (χ1n) is 8.29. The van der Waals surface area contributed by atoms with Gasteiger partial charge in [0, 0.05) is 40.2 Å². The molecule has 0 saturated carbocycles. The van der Waals surface area contributed by atoms with Crippen LogP contribution in [0, 0.1) is 0 Å². The first-order chi connectivity index (χ1) is 12.8. The summed E-state index contributed by atoms with van der Waals surface area (Å²) in [6.45, 7) is 0. The molecule has 2 aromatic heterocycles. The zero-order valence-corrected chi connectivity index (χ0v) is 13.7. The molecule has 26 heavy (non-hydrogen) atoms. The van der Waals surface area contributed by atoms with E-state index in [1.807, 2.05) is 60.9 Å². The molecular formula is C21H14N4O. The van der Waals surface area contributed by atoms with E-state index in [4.69, 9.17) is 0 Å². The summed E-state index contributed by atoms with van der Waals surface area (Å²) in [6.07, 6.45) is 7.31. The minimum absolute atomic E-state index is 0.0844. The van der Waals surface area contributed by atoms with Gasteiger partial charge in [0.15, 0.2) is 0 Å². The second-order valence-corrected chi connectivity index (χ2v) is 6.20. The van der Waals surface area contributed by atoms with Gasteiger partial charge in [0.1, 0.15) is 0 Å². The lowest BCUT2D eigenvalue weighted by molar-refractivity contribution is -0.110. The molecule has 1 aliphatic heterocycles. The number of aromatic amines is 1. The lowest BCUT2D eigenvalue weighted by atomic mass is 9.98. The van der Waals surface area contributed by atoms with Gasteiger partial charge >= 0.3 is 0 Å². The van der Waals surface area contributed by atoms with E-state index in [0.717, 1.165) is 38.8 Å². The van der Waals surface area contributed by atoms with Crippen LogP contribution < -0.4 is 5.32 Å². The molecule has 3 heterocycles. The van der Waals surface area contributed by atoms with Crippen LogP contribution in [0.4, 0.5) is 5.69 Å². The molecule has 5 rings (SSSR count). The number of aromatic nitrogens is 3. The van der Waals surface area contributed by atoms with Crippen molar-refractivity contribution in [3.63, 3.8) is 0 Å². The Morgan fingerprint density at radius 1 is 0.962 bits per heavy atom. The molecule has 2 aromatic carbocycles. The Balaban J connectivity index is 1.70. The summed E-state index contributed by atoms with van der Waals surface area (Å²) >= 11 is 0. The van der Waals surface area contributed by atoms with Crippen LogP contribution in [-0.4, -0.2) is 21.1 Å². The van der Waals surface area contributed by atoms with E-state index >= 15 is 0 Å². The normalized spacial score (nSPS) is 14.6. The number of nitrogens with zero attached hydrogens (tertiary/aromatic N) is 2. The molecule has 1 aliphatic rings. The summed E-state index contributed by atoms with van der Waals surface area (Å²) in [6, 6.07) is 15.7. The number of benzene rings is 2. The van der Waals surface area contributed by atoms with E-state index in [-0.39, 0.29) is 5.91 Å². The highest BCUT2D eigenvalue weighted by molar-refractivity contribution is 6.35. The Morgan fingerprint density at radius 2 is 1.88 bits per heavy atom. The van der Waals surface area contributed by atoms with Crippen LogP contribution in [0.1, 0.15) is 11.1 Å². The van der Waals surface area contributed by atoms with Crippen LogP contribution in [0.2, 0.25) is 0 Å². The molecule has 4 aromatic rings. The van der Waals surface area contributed by atoms with Crippen molar-refractivity contribution in [1.82, 2.24) is 15.2 Å². The lowest BCUT2D eigenvalue weighted by Gasteiger charge is -2.06. The van der Waals surface area contributed by atoms with Gasteiger partial charge in [-0.3, -0.25) is 14.9 Å². The molecule has 0 aliphatic carbocycles. The number of rotatable bonds is 2. The molecule has 1 amide bonds. The molecule has 0 bridgehead atoms. The van der Waals surface area contributed by atoms with Gasteiger partial charge in [-0.1, -0.05) is 24.3 Å². The predicted molar refractivity (Wildman–Crippen MR) is 102 cm³/mol. The number of H-pyrrole nitrogens is 1. The van der Waals surface area contributed by atoms with Crippen LogP contribution in [0.15, 0.2) is 67.1 Å². The third kappa shape index (κ3) is 2.29. The molecule has 0 unspecified atom stereocenters. The minimum atomic E-state index is -0.0844. The first-order valence-corrected chi connectivity index (χ1v) is 8.29. The predicted octanol–water partition coefficient (Wildman–Crippen LogP) is 4.12. The van der Waals surface area contributed by atoms with Crippen molar-refractivity contribution in [3.05, 3.63) is 78.2 Å². The van der Waals surface area contributed by atoms with Crippen molar-refractivity contribution in [1.29, 1.82) is 0 Å². The highest BCUT2D eigenvalue weighted by atomic mass is 16.2. The summed E-state index contributed by atoms with van der Waals surface area (Å²) in [5, 5.41) is 11.1. The summed E-state index contributed by atoms with van der Waals surface area (Å²) in [4.78, 5) is 16.6. The van der Waals surface area contributed by atoms with Crippen molar-refractivity contribution in [3.8, 4) is 11.1 Å². The highest BCUT2D eigenvalue weighted by Gasteiger charge is 2.23. The Bertz CT molecular complexity index is 1180. The van der Waals surface area contributed by atoms with Crippen molar-refractivity contribution < 1.29 is 4.79 Å². The average molecular weight is 338 g/mol. The monoisotopic (exact) mass is 338 g/mol. The van der Waals surface area contributed by atoms with Gasteiger partial charge in [-0.05, 0) is 41.5 Å². The van der Waals surface area contributed by atoms with Crippen molar-refractivity contribution in [2.75, 3.05) is 5.32 Å². The molecule has 124 valence electrons. The first kappa shape index (κ1) is 14.6. The molecular weight excluding hydrogens is 324 g/mol. The van der Waals surface area contributed by atoms with Crippen molar-refractivity contribution in [2.45, 2.75) is 0 Å². The van der Waals surface area contributed by atoms with E-state index in [9.17, 15) is 4.79 Å². The molecule has 0 saturated heterocycles. The zero-order valence-electron chi connectivity index (χ0n) is 13.7. The van der Waals surface area contributed by atoms with Crippen LogP contribution >= 0.6 is 0 Å². The second kappa shape index (κ2) is 5.67. The van der Waals surface area contributed by atoms with Crippen LogP contribution in [0.25, 0.3) is 33.7 Å². The van der Waals surface area contributed by atoms with Gasteiger partial charge in [0.25, 0.3) is 5.91 Å². The second-order valence-electron chi connectivity index (χ2n) is 6.20. The van der Waals surface area contributed by atoms with Gasteiger partial charge < -0.3 is 5.32 Å². The fraction of sp³-hybridized carbons (Fsp3) is 0. The molecule has 0 radical (unpaired) electrons. The van der Waals surface area contributed by atoms with Crippen LogP contribution in [-0.2, 0) is 4.79 Å². The number of amides is 1. The SMILES string of the molecule is O=C1Nc2ccccc2C1=Cc1cc(-c2cccnc2)c2cn[nH]c2c1. The lowest BCUT2D eigenvalue weighted by Crippen LogP contribution is -2.03. The number of hydrogen-bond acceptors (Lipinski definition) is 3. The maximum absolute atomic E-state index is 12.4. The molecule has 5 nitrogen and oxygen atoms in total. The van der Waals surface area contributed by atoms with Crippen molar-refractivity contribution in [2.24, 2.45) is 0 Å². The third-order valence-corrected chi connectivity index (χ3v) is 4.57. The average Bonchev–Trinajstić information content (AvgIpc) is 3.26. The molecule has 0 spiro atoms. The summed E-state index contributed by atoms with van der Waals surface area (Å²) < 4.78 is 0. The van der Waals surface area contributed by atoms with Gasteiger partial charge in [0.05, 0.1) is 11.7 Å². The summed E-state index contributed by atoms with van der Waals surface area (Å²) in [5.74, 6) is -0.0844. The number of carbonyl (C=O) groups is 1. The van der Waals surface area contributed by atoms with E-state index in [1.54, 1.807) is 6.20 Å². The number of hydrogen-bond donors (Lipinski definition) is 2. The molecule has 5 heteroatoms. The molecule has 2 N–H and O–H groups in total. The number of fused-ring (bicyclic) bond motifs is 2. The van der Waals surface area contributed by atoms with Gasteiger partial charge in [-0.25, -0.2) is 0 Å². The Hall–Kier alpha value is -3.73. The number of nitrogens with one attached hydrogen (secondary N) is 2. The molecule has 0 atom stereocenters. The number of para-hydroxylation sites is 1. The van der Waals surface area contributed by atoms with Crippen molar-refractivity contribution >= 4 is 34.1 Å². The standard InChI is InChI=1S/C21H14N4O/c26-21-17(15-5-1-2-6-19(15)24-21)9-13-8-16(14-4-3-7-22-11-14)18-12-23-25-20(18)10-13/h1-12H,(H,23,25)(H,24,26). The topological polar surface area (TPSA) is 70.7 Å². The van der Waals surface area contributed by atoms with E-state index in [1.165, 1.54) is 0 Å². The Labute approximate surface area is 149 Å². The van der Waals surface area contributed by atoms with E-state index < -0.39 is 0 Å². The Morgan fingerprint density at radius 3 is 2.77 bits per heavy atom. The fourth-order valence-electron chi connectivity index (χ4n) is 3.37. The van der Waals surface area contributed by atoms with E-state index in [2.05, 4.69) is 26.6 Å². The summed E-state index contributed by atoms with van der Waals surface area (Å²) in [5.41, 5.74) is 6.33. The maximum atomic E-state index is 12.4. The van der Waals surface area contributed by atoms with Crippen LogP contribution in [0.5, 0.6) is 0 Å². The summed E-state index contributed by atoms with van der Waals surface area (Å²) in [7, 11) is 0. The maximum Gasteiger partial charge on any atom is 0.256 e. The smallest absolute Gasteiger partial charge is 0.256 e. The number of pyridine rings is 1. The number of carbonyl (C=O) groups excluding carboxylic acids is 1. The largest absolute Gasteiger partial charge is 0.321 e. The highest BCUT2D eigenvalue weighted by Crippen LogP contribution is 2.34. The third-order valence-electron chi connectivity index (χ3n) is 4.57. The Kier molecular flexibility index (Phi) is 3.18. The number of anilines is 1. The zero-order chi connectivity index (χ0) is 17.5. The minimum Gasteiger partial charge on any atom is -0.321 e. The van der Waals surface area contributed by atoms with Gasteiger partial charge in [0.2, 0.25) is 0 Å². The van der Waals surface area contributed by atoms with Crippen LogP contribution in [0.3, 0.4) is 0 Å². The fourth-order valence-corrected chi connectivity index (χ4v) is 3.37. The quantitative estimate of drug-likeness (QED) is 0.540. The van der Waals surface area contributed by atoms with Gasteiger partial charge in [-0.15, -0.1) is 0 Å². The van der Waals surface area contributed by atoms with E-state index in [0.29, 0.717) is 5.57 Å².